The molecule has 0 radical (unpaired) electrons. The van der Waals surface area contributed by atoms with E-state index in [0.29, 0.717) is 13.0 Å². The second-order valence-corrected chi connectivity index (χ2v) is 8.37. The van der Waals surface area contributed by atoms with Gasteiger partial charge in [-0.2, -0.15) is 0 Å². The lowest BCUT2D eigenvalue weighted by atomic mass is 9.49. The summed E-state index contributed by atoms with van der Waals surface area (Å²) < 4.78 is 0. The van der Waals surface area contributed by atoms with Crippen molar-refractivity contribution >= 4 is 11.8 Å². The molecule has 0 unspecified atom stereocenters. The third-order valence-corrected chi connectivity index (χ3v) is 6.42. The van der Waals surface area contributed by atoms with Crippen LogP contribution in [0.5, 0.6) is 0 Å². The van der Waals surface area contributed by atoms with E-state index in [9.17, 15) is 9.59 Å². The van der Waals surface area contributed by atoms with Crippen molar-refractivity contribution in [3.05, 3.63) is 0 Å². The van der Waals surface area contributed by atoms with Gasteiger partial charge in [-0.3, -0.25) is 9.59 Å². The van der Waals surface area contributed by atoms with Crippen LogP contribution in [0.3, 0.4) is 0 Å². The molecule has 0 aromatic heterocycles. The second-order valence-electron chi connectivity index (χ2n) is 8.37. The quantitative estimate of drug-likeness (QED) is 0.784. The summed E-state index contributed by atoms with van der Waals surface area (Å²) in [5.74, 6) is 2.74. The first-order chi connectivity index (χ1) is 11.0. The Balaban J connectivity index is 1.46. The Hall–Kier alpha value is -1.06. The maximum absolute atomic E-state index is 12.8. The Morgan fingerprint density at radius 3 is 2.17 bits per heavy atom. The highest BCUT2D eigenvalue weighted by Gasteiger charge is 2.54. The van der Waals surface area contributed by atoms with Crippen LogP contribution in [0, 0.1) is 23.2 Å². The Morgan fingerprint density at radius 2 is 1.65 bits per heavy atom. The molecule has 23 heavy (non-hydrogen) atoms. The van der Waals surface area contributed by atoms with E-state index in [-0.39, 0.29) is 17.2 Å². The smallest absolute Gasteiger partial charge is 0.226 e. The highest BCUT2D eigenvalue weighted by molar-refractivity contribution is 5.84. The topological polar surface area (TPSA) is 49.4 Å². The number of nitrogens with zero attached hydrogens (tertiary/aromatic N) is 1. The number of unbranched alkanes of at least 4 members (excludes halogenated alkanes) is 1. The number of carbonyl (C=O) groups is 2. The average Bonchev–Trinajstić information content (AvgIpc) is 2.51. The first-order valence-electron chi connectivity index (χ1n) is 9.54. The molecule has 4 nitrogen and oxygen atoms in total. The fourth-order valence-corrected chi connectivity index (χ4v) is 5.57. The number of rotatable bonds is 7. The lowest BCUT2D eigenvalue weighted by Crippen LogP contribution is -2.53. The van der Waals surface area contributed by atoms with Gasteiger partial charge in [0.2, 0.25) is 11.8 Å². The van der Waals surface area contributed by atoms with Crippen molar-refractivity contribution in [2.45, 2.75) is 64.7 Å². The zero-order valence-corrected chi connectivity index (χ0v) is 14.8. The van der Waals surface area contributed by atoms with Gasteiger partial charge in [0.05, 0.1) is 0 Å². The minimum Gasteiger partial charge on any atom is -0.355 e. The molecular formula is C19H32N2O2. The van der Waals surface area contributed by atoms with E-state index in [2.05, 4.69) is 12.2 Å². The minimum atomic E-state index is -0.0914. The van der Waals surface area contributed by atoms with Crippen LogP contribution in [0.4, 0.5) is 0 Å². The fraction of sp³-hybridized carbons (Fsp3) is 0.895. The van der Waals surface area contributed by atoms with Gasteiger partial charge in [-0.25, -0.2) is 0 Å². The summed E-state index contributed by atoms with van der Waals surface area (Å²) >= 11 is 0. The molecule has 0 aliphatic heterocycles. The zero-order chi connectivity index (χ0) is 16.4. The van der Waals surface area contributed by atoms with E-state index in [1.54, 1.807) is 4.90 Å². The molecule has 4 saturated carbocycles. The summed E-state index contributed by atoms with van der Waals surface area (Å²) in [5.41, 5.74) is -0.0914. The van der Waals surface area contributed by atoms with Crippen LogP contribution in [-0.4, -0.2) is 36.9 Å². The van der Waals surface area contributed by atoms with Crippen LogP contribution >= 0.6 is 0 Å². The van der Waals surface area contributed by atoms with Gasteiger partial charge in [-0.05, 0) is 62.7 Å². The summed E-state index contributed by atoms with van der Waals surface area (Å²) in [6.45, 7) is 3.44. The lowest BCUT2D eigenvalue weighted by Gasteiger charge is -2.55. The zero-order valence-electron chi connectivity index (χ0n) is 14.8. The van der Waals surface area contributed by atoms with Crippen molar-refractivity contribution in [1.82, 2.24) is 10.2 Å². The lowest BCUT2D eigenvalue weighted by molar-refractivity contribution is -0.146. The normalized spacial score (nSPS) is 34.4. The predicted molar refractivity (Wildman–Crippen MR) is 90.8 cm³/mol. The molecule has 4 rings (SSSR count). The van der Waals surface area contributed by atoms with Gasteiger partial charge in [-0.15, -0.1) is 0 Å². The van der Waals surface area contributed by atoms with Gasteiger partial charge >= 0.3 is 0 Å². The predicted octanol–water partition coefficient (Wildman–Crippen LogP) is 2.97. The number of amides is 2. The standard InChI is InChI=1S/C19H32N2O2/c1-3-4-7-21(2)17(22)5-6-20-18(23)19-11-14-8-15(12-19)10-16(9-14)13-19/h14-16H,3-13H2,1-2H3,(H,20,23). The molecule has 4 bridgehead atoms. The van der Waals surface area contributed by atoms with Crippen LogP contribution in [0.1, 0.15) is 64.7 Å². The van der Waals surface area contributed by atoms with Crippen molar-refractivity contribution in [3.63, 3.8) is 0 Å². The number of nitrogens with one attached hydrogen (secondary N) is 1. The molecular weight excluding hydrogens is 288 g/mol. The molecule has 0 atom stereocenters. The highest BCUT2D eigenvalue weighted by atomic mass is 16.2. The maximum Gasteiger partial charge on any atom is 0.226 e. The number of carbonyl (C=O) groups excluding carboxylic acids is 2. The summed E-state index contributed by atoms with van der Waals surface area (Å²) in [5, 5.41) is 3.10. The first-order valence-corrected chi connectivity index (χ1v) is 9.54. The van der Waals surface area contributed by atoms with Crippen molar-refractivity contribution in [2.24, 2.45) is 23.2 Å². The minimum absolute atomic E-state index is 0.0914. The Labute approximate surface area is 140 Å². The highest BCUT2D eigenvalue weighted by Crippen LogP contribution is 2.60. The van der Waals surface area contributed by atoms with E-state index < -0.39 is 0 Å². The Kier molecular flexibility index (Phi) is 4.98. The van der Waals surface area contributed by atoms with Gasteiger partial charge in [-0.1, -0.05) is 13.3 Å². The summed E-state index contributed by atoms with van der Waals surface area (Å²) in [6, 6.07) is 0. The Morgan fingerprint density at radius 1 is 1.09 bits per heavy atom. The van der Waals surface area contributed by atoms with Crippen LogP contribution in [-0.2, 0) is 9.59 Å². The summed E-state index contributed by atoms with van der Waals surface area (Å²) in [4.78, 5) is 26.6. The third-order valence-electron chi connectivity index (χ3n) is 6.42. The van der Waals surface area contributed by atoms with Gasteiger partial charge in [0, 0.05) is 32.0 Å². The van der Waals surface area contributed by atoms with E-state index in [1.807, 2.05) is 7.05 Å². The molecule has 130 valence electrons. The van der Waals surface area contributed by atoms with Crippen LogP contribution in [0.15, 0.2) is 0 Å². The SMILES string of the molecule is CCCCN(C)C(=O)CCNC(=O)C12CC3CC(CC(C3)C1)C2. The summed E-state index contributed by atoms with van der Waals surface area (Å²) in [7, 11) is 1.86. The van der Waals surface area contributed by atoms with Crippen molar-refractivity contribution in [1.29, 1.82) is 0 Å². The van der Waals surface area contributed by atoms with Crippen LogP contribution in [0.2, 0.25) is 0 Å². The van der Waals surface area contributed by atoms with Crippen molar-refractivity contribution in [3.8, 4) is 0 Å². The number of hydrogen-bond donors (Lipinski definition) is 1. The number of hydrogen-bond acceptors (Lipinski definition) is 2. The molecule has 2 amide bonds. The molecule has 1 N–H and O–H groups in total. The average molecular weight is 320 g/mol. The monoisotopic (exact) mass is 320 g/mol. The molecule has 0 heterocycles. The second kappa shape index (κ2) is 6.82. The van der Waals surface area contributed by atoms with Gasteiger partial charge in [0.1, 0.15) is 0 Å². The molecule has 4 heteroatoms. The molecule has 0 aromatic rings. The van der Waals surface area contributed by atoms with E-state index >= 15 is 0 Å². The van der Waals surface area contributed by atoms with Gasteiger partial charge in [0.15, 0.2) is 0 Å². The van der Waals surface area contributed by atoms with E-state index in [4.69, 9.17) is 0 Å². The first kappa shape index (κ1) is 16.8. The van der Waals surface area contributed by atoms with E-state index in [1.165, 1.54) is 19.3 Å². The molecule has 0 saturated heterocycles. The molecule has 0 aromatic carbocycles. The molecule has 4 aliphatic carbocycles. The molecule has 0 spiro atoms. The maximum atomic E-state index is 12.8. The van der Waals surface area contributed by atoms with Crippen LogP contribution in [0.25, 0.3) is 0 Å². The van der Waals surface area contributed by atoms with Gasteiger partial charge < -0.3 is 10.2 Å². The van der Waals surface area contributed by atoms with Gasteiger partial charge in [0.25, 0.3) is 0 Å². The molecule has 4 aliphatic rings. The van der Waals surface area contributed by atoms with Crippen molar-refractivity contribution in [2.75, 3.05) is 20.1 Å². The summed E-state index contributed by atoms with van der Waals surface area (Å²) in [6.07, 6.45) is 9.91. The molecule has 4 fully saturated rings. The largest absolute Gasteiger partial charge is 0.355 e. The van der Waals surface area contributed by atoms with Crippen LogP contribution < -0.4 is 5.32 Å². The van der Waals surface area contributed by atoms with Crippen molar-refractivity contribution < 1.29 is 9.59 Å². The third kappa shape index (κ3) is 3.56. The fourth-order valence-electron chi connectivity index (χ4n) is 5.57. The van der Waals surface area contributed by atoms with E-state index in [0.717, 1.165) is 56.4 Å². The Bertz CT molecular complexity index is 425.